The van der Waals surface area contributed by atoms with Crippen LogP contribution in [-0.2, 0) is 0 Å². The highest BCUT2D eigenvalue weighted by Gasteiger charge is 1.94. The van der Waals surface area contributed by atoms with E-state index in [-0.39, 0.29) is 0 Å². The molecule has 0 rings (SSSR count). The molecule has 2 heteroatoms. The van der Waals surface area contributed by atoms with E-state index in [0.29, 0.717) is 0 Å². The Balaban J connectivity index is 2.88. The van der Waals surface area contributed by atoms with E-state index in [4.69, 9.17) is 0 Å². The van der Waals surface area contributed by atoms with E-state index >= 15 is 0 Å². The second kappa shape index (κ2) is 18.7. The predicted octanol–water partition coefficient (Wildman–Crippen LogP) is 6.78. The summed E-state index contributed by atoms with van der Waals surface area (Å²) < 4.78 is 0. The molecule has 0 saturated heterocycles. The highest BCUT2D eigenvalue weighted by atomic mass is 32.2. The molecular weight excluding hydrogens is 268 g/mol. The number of unbranched alkanes of at least 4 members (excludes halogenated alkanes) is 8. The third kappa shape index (κ3) is 18.7. The predicted molar refractivity (Wildman–Crippen MR) is 96.8 cm³/mol. The highest BCUT2D eigenvalue weighted by Crippen LogP contribution is 2.13. The fraction of sp³-hybridized carbons (Fsp3) is 1.00. The lowest BCUT2D eigenvalue weighted by Crippen LogP contribution is -1.88. The van der Waals surface area contributed by atoms with Gasteiger partial charge in [0.15, 0.2) is 0 Å². The molecular formula is C17H36S2. The van der Waals surface area contributed by atoms with E-state index in [0.717, 1.165) is 0 Å². The van der Waals surface area contributed by atoms with Crippen molar-refractivity contribution >= 4 is 23.5 Å². The van der Waals surface area contributed by atoms with Crippen LogP contribution in [-0.4, -0.2) is 23.0 Å². The van der Waals surface area contributed by atoms with E-state index in [9.17, 15) is 0 Å². The van der Waals surface area contributed by atoms with Crippen molar-refractivity contribution in [1.29, 1.82) is 0 Å². The van der Waals surface area contributed by atoms with Crippen LogP contribution in [0.2, 0.25) is 0 Å². The Morgan fingerprint density at radius 2 is 0.789 bits per heavy atom. The number of hydrogen-bond donors (Lipinski definition) is 0. The van der Waals surface area contributed by atoms with Crippen molar-refractivity contribution in [2.45, 2.75) is 84.5 Å². The molecule has 0 aliphatic heterocycles. The number of hydrogen-bond acceptors (Lipinski definition) is 2. The van der Waals surface area contributed by atoms with Crippen molar-refractivity contribution in [3.8, 4) is 0 Å². The minimum atomic E-state index is 1.35. The molecule has 0 atom stereocenters. The van der Waals surface area contributed by atoms with Gasteiger partial charge in [-0.15, -0.1) is 0 Å². The Kier molecular flexibility index (Phi) is 19.4. The zero-order valence-electron chi connectivity index (χ0n) is 13.4. The topological polar surface area (TPSA) is 0 Å². The second-order valence-electron chi connectivity index (χ2n) is 5.41. The lowest BCUT2D eigenvalue weighted by atomic mass is 10.2. The molecule has 0 nitrogen and oxygen atoms in total. The third-order valence-corrected chi connectivity index (χ3v) is 5.67. The van der Waals surface area contributed by atoms with Gasteiger partial charge in [-0.05, 0) is 48.7 Å². The van der Waals surface area contributed by atoms with Crippen LogP contribution in [0.1, 0.15) is 84.5 Å². The molecule has 0 heterocycles. The van der Waals surface area contributed by atoms with Crippen LogP contribution in [0.25, 0.3) is 0 Å². The summed E-state index contributed by atoms with van der Waals surface area (Å²) in [5, 5.41) is 0. The molecule has 19 heavy (non-hydrogen) atoms. The lowest BCUT2D eigenvalue weighted by molar-refractivity contribution is 0.659. The van der Waals surface area contributed by atoms with Gasteiger partial charge in [-0.25, -0.2) is 0 Å². The first-order valence-electron chi connectivity index (χ1n) is 8.57. The van der Waals surface area contributed by atoms with E-state index in [1.54, 1.807) is 0 Å². The van der Waals surface area contributed by atoms with Crippen LogP contribution in [0.3, 0.4) is 0 Å². The quantitative estimate of drug-likeness (QED) is 0.288. The van der Waals surface area contributed by atoms with Crippen molar-refractivity contribution in [1.82, 2.24) is 0 Å². The molecule has 0 aromatic rings. The van der Waals surface area contributed by atoms with Crippen molar-refractivity contribution in [2.24, 2.45) is 0 Å². The van der Waals surface area contributed by atoms with Gasteiger partial charge in [0.25, 0.3) is 0 Å². The van der Waals surface area contributed by atoms with Crippen LogP contribution in [0, 0.1) is 0 Å². The number of rotatable bonds is 16. The minimum Gasteiger partial charge on any atom is -0.162 e. The monoisotopic (exact) mass is 304 g/mol. The van der Waals surface area contributed by atoms with Crippen LogP contribution in [0.5, 0.6) is 0 Å². The molecule has 0 aromatic carbocycles. The van der Waals surface area contributed by atoms with Gasteiger partial charge >= 0.3 is 0 Å². The minimum absolute atomic E-state index is 1.35. The van der Waals surface area contributed by atoms with Gasteiger partial charge in [0.05, 0.1) is 0 Å². The van der Waals surface area contributed by atoms with Crippen LogP contribution in [0.15, 0.2) is 0 Å². The molecule has 116 valence electrons. The van der Waals surface area contributed by atoms with Crippen molar-refractivity contribution in [3.05, 3.63) is 0 Å². The third-order valence-electron chi connectivity index (χ3n) is 3.36. The van der Waals surface area contributed by atoms with Gasteiger partial charge in [-0.3, -0.25) is 0 Å². The fourth-order valence-electron chi connectivity index (χ4n) is 2.02. The molecule has 0 aliphatic carbocycles. The molecule has 0 aliphatic rings. The maximum absolute atomic E-state index is 2.29. The summed E-state index contributed by atoms with van der Waals surface area (Å²) >= 11 is 4.33. The lowest BCUT2D eigenvalue weighted by Gasteiger charge is -2.03. The van der Waals surface area contributed by atoms with E-state index < -0.39 is 0 Å². The maximum Gasteiger partial charge on any atom is -0.00675 e. The Labute approximate surface area is 131 Å². The second-order valence-corrected chi connectivity index (χ2v) is 7.86. The Morgan fingerprint density at radius 3 is 1.21 bits per heavy atom. The van der Waals surface area contributed by atoms with Gasteiger partial charge < -0.3 is 0 Å². The summed E-state index contributed by atoms with van der Waals surface area (Å²) in [5.74, 6) is 5.57. The zero-order chi connectivity index (χ0) is 14.0. The fourth-order valence-corrected chi connectivity index (χ4v) is 4.15. The van der Waals surface area contributed by atoms with Gasteiger partial charge in [0.1, 0.15) is 0 Å². The van der Waals surface area contributed by atoms with Crippen molar-refractivity contribution in [3.63, 3.8) is 0 Å². The number of thioether (sulfide) groups is 2. The summed E-state index contributed by atoms with van der Waals surface area (Å²) in [4.78, 5) is 0. The summed E-state index contributed by atoms with van der Waals surface area (Å²) in [7, 11) is 0. The van der Waals surface area contributed by atoms with E-state index in [2.05, 4.69) is 37.4 Å². The zero-order valence-corrected chi connectivity index (χ0v) is 15.1. The van der Waals surface area contributed by atoms with E-state index in [1.165, 1.54) is 93.6 Å². The average Bonchev–Trinajstić information content (AvgIpc) is 2.43. The van der Waals surface area contributed by atoms with Crippen LogP contribution in [0.4, 0.5) is 0 Å². The molecule has 0 saturated carbocycles. The molecule has 0 aromatic heterocycles. The van der Waals surface area contributed by atoms with Gasteiger partial charge in [0, 0.05) is 0 Å². The van der Waals surface area contributed by atoms with Crippen molar-refractivity contribution < 1.29 is 0 Å². The standard InChI is InChI=1S/C17H36S2/c1-3-5-7-8-11-16-19-17-13-10-9-12-15-18-14-6-4-2/h3-17H2,1-2H3. The summed E-state index contributed by atoms with van der Waals surface area (Å²) in [6, 6.07) is 0. The van der Waals surface area contributed by atoms with Gasteiger partial charge in [-0.2, -0.15) is 23.5 Å². The summed E-state index contributed by atoms with van der Waals surface area (Å²) in [6.07, 6.45) is 15.7. The SMILES string of the molecule is CCCCCCCSCCCCCCSCCCC. The molecule has 0 spiro atoms. The summed E-state index contributed by atoms with van der Waals surface area (Å²) in [6.45, 7) is 4.57. The highest BCUT2D eigenvalue weighted by molar-refractivity contribution is 7.99. The largest absolute Gasteiger partial charge is 0.162 e. The summed E-state index contributed by atoms with van der Waals surface area (Å²) in [5.41, 5.74) is 0. The Hall–Kier alpha value is 0.700. The molecule has 0 N–H and O–H groups in total. The van der Waals surface area contributed by atoms with Crippen LogP contribution >= 0.6 is 23.5 Å². The molecule has 0 radical (unpaired) electrons. The Bertz CT molecular complexity index is 132. The molecule has 0 bridgehead atoms. The van der Waals surface area contributed by atoms with Gasteiger partial charge in [0.2, 0.25) is 0 Å². The normalized spacial score (nSPS) is 11.1. The average molecular weight is 305 g/mol. The Morgan fingerprint density at radius 1 is 0.421 bits per heavy atom. The first-order chi connectivity index (χ1) is 9.41. The van der Waals surface area contributed by atoms with Crippen molar-refractivity contribution in [2.75, 3.05) is 23.0 Å². The maximum atomic E-state index is 2.29. The van der Waals surface area contributed by atoms with Crippen LogP contribution < -0.4 is 0 Å². The first kappa shape index (κ1) is 19.7. The smallest absolute Gasteiger partial charge is 0.00675 e. The molecule has 0 unspecified atom stereocenters. The molecule has 0 fully saturated rings. The first-order valence-corrected chi connectivity index (χ1v) is 10.9. The van der Waals surface area contributed by atoms with E-state index in [1.807, 2.05) is 0 Å². The van der Waals surface area contributed by atoms with Gasteiger partial charge in [-0.1, -0.05) is 58.8 Å². The molecule has 0 amide bonds.